The average molecular weight is 314 g/mol. The molecule has 0 saturated carbocycles. The van der Waals surface area contributed by atoms with E-state index in [2.05, 4.69) is 20.8 Å². The van der Waals surface area contributed by atoms with E-state index in [0.717, 1.165) is 25.2 Å². The largest absolute Gasteiger partial charge is 0.342 e. The van der Waals surface area contributed by atoms with Crippen molar-refractivity contribution >= 4 is 17.5 Å². The molecular formula is C19H26N2O2. The Hall–Kier alpha value is -1.84. The number of hydrogen-bond donors (Lipinski definition) is 0. The van der Waals surface area contributed by atoms with Gasteiger partial charge < -0.3 is 9.80 Å². The Labute approximate surface area is 138 Å². The smallest absolute Gasteiger partial charge is 0.228 e. The van der Waals surface area contributed by atoms with Crippen LogP contribution in [0.1, 0.15) is 37.3 Å². The molecule has 2 aliphatic heterocycles. The summed E-state index contributed by atoms with van der Waals surface area (Å²) < 4.78 is 0. The van der Waals surface area contributed by atoms with E-state index in [4.69, 9.17) is 0 Å². The van der Waals surface area contributed by atoms with Crippen LogP contribution in [0.5, 0.6) is 0 Å². The Morgan fingerprint density at radius 3 is 2.65 bits per heavy atom. The van der Waals surface area contributed by atoms with E-state index in [1.807, 2.05) is 23.1 Å². The number of piperidine rings is 1. The quantitative estimate of drug-likeness (QED) is 0.842. The minimum absolute atomic E-state index is 0.0664. The highest BCUT2D eigenvalue weighted by Crippen LogP contribution is 2.29. The third-order valence-corrected chi connectivity index (χ3v) is 5.25. The predicted molar refractivity (Wildman–Crippen MR) is 91.4 cm³/mol. The molecule has 3 rings (SSSR count). The summed E-state index contributed by atoms with van der Waals surface area (Å²) in [6, 6.07) is 6.07. The maximum absolute atomic E-state index is 12.7. The van der Waals surface area contributed by atoms with Gasteiger partial charge in [-0.1, -0.05) is 13.0 Å². The molecule has 2 fully saturated rings. The van der Waals surface area contributed by atoms with E-state index < -0.39 is 0 Å². The molecule has 2 saturated heterocycles. The summed E-state index contributed by atoms with van der Waals surface area (Å²) in [5, 5.41) is 0. The lowest BCUT2D eigenvalue weighted by Crippen LogP contribution is -2.43. The van der Waals surface area contributed by atoms with Crippen molar-refractivity contribution in [3.05, 3.63) is 29.3 Å². The van der Waals surface area contributed by atoms with E-state index in [9.17, 15) is 9.59 Å². The summed E-state index contributed by atoms with van der Waals surface area (Å²) in [5.74, 6) is 0.614. The van der Waals surface area contributed by atoms with Crippen LogP contribution in [-0.4, -0.2) is 36.3 Å². The molecule has 1 aromatic rings. The number of carbonyl (C=O) groups is 2. The average Bonchev–Trinajstić information content (AvgIpc) is 2.91. The van der Waals surface area contributed by atoms with Crippen molar-refractivity contribution in [3.8, 4) is 0 Å². The summed E-state index contributed by atoms with van der Waals surface area (Å²) >= 11 is 0. The first-order chi connectivity index (χ1) is 11.0. The van der Waals surface area contributed by atoms with Crippen LogP contribution in [0.15, 0.2) is 18.2 Å². The molecule has 0 aromatic heterocycles. The monoisotopic (exact) mass is 314 g/mol. The number of benzene rings is 1. The van der Waals surface area contributed by atoms with Gasteiger partial charge in [-0.3, -0.25) is 9.59 Å². The fourth-order valence-corrected chi connectivity index (χ4v) is 3.66. The number of rotatable bonds is 2. The van der Waals surface area contributed by atoms with Crippen molar-refractivity contribution in [3.63, 3.8) is 0 Å². The van der Waals surface area contributed by atoms with Gasteiger partial charge in [0.15, 0.2) is 0 Å². The Morgan fingerprint density at radius 2 is 1.96 bits per heavy atom. The molecule has 0 radical (unpaired) electrons. The Balaban J connectivity index is 1.71. The van der Waals surface area contributed by atoms with E-state index in [0.29, 0.717) is 18.9 Å². The number of amides is 2. The third-order valence-electron chi connectivity index (χ3n) is 5.25. The molecule has 0 spiro atoms. The molecule has 4 nitrogen and oxygen atoms in total. The van der Waals surface area contributed by atoms with Crippen LogP contribution in [0, 0.1) is 25.7 Å². The Kier molecular flexibility index (Phi) is 4.42. The molecule has 0 N–H and O–H groups in total. The lowest BCUT2D eigenvalue weighted by Gasteiger charge is -2.32. The minimum atomic E-state index is -0.186. The molecule has 2 amide bonds. The van der Waals surface area contributed by atoms with Crippen LogP contribution < -0.4 is 4.90 Å². The van der Waals surface area contributed by atoms with Gasteiger partial charge in [0, 0.05) is 31.7 Å². The van der Waals surface area contributed by atoms with E-state index >= 15 is 0 Å². The van der Waals surface area contributed by atoms with Gasteiger partial charge in [-0.05, 0) is 55.9 Å². The van der Waals surface area contributed by atoms with Crippen molar-refractivity contribution in [1.82, 2.24) is 4.90 Å². The predicted octanol–water partition coefficient (Wildman–Crippen LogP) is 2.91. The van der Waals surface area contributed by atoms with Crippen LogP contribution in [0.4, 0.5) is 5.69 Å². The van der Waals surface area contributed by atoms with Gasteiger partial charge in [0.25, 0.3) is 0 Å². The van der Waals surface area contributed by atoms with E-state index in [1.54, 1.807) is 4.90 Å². The number of likely N-dealkylation sites (tertiary alicyclic amines) is 1. The maximum Gasteiger partial charge on any atom is 0.228 e. The minimum Gasteiger partial charge on any atom is -0.342 e. The zero-order chi connectivity index (χ0) is 16.6. The first kappa shape index (κ1) is 16.0. The second kappa shape index (κ2) is 6.34. The van der Waals surface area contributed by atoms with Crippen molar-refractivity contribution in [2.24, 2.45) is 11.8 Å². The highest BCUT2D eigenvalue weighted by Gasteiger charge is 2.38. The zero-order valence-corrected chi connectivity index (χ0v) is 14.3. The van der Waals surface area contributed by atoms with Gasteiger partial charge in [-0.2, -0.15) is 0 Å². The highest BCUT2D eigenvalue weighted by molar-refractivity contribution is 6.00. The number of nitrogens with zero attached hydrogens (tertiary/aromatic N) is 2. The van der Waals surface area contributed by atoms with Crippen LogP contribution in [0.3, 0.4) is 0 Å². The standard InChI is InChI=1S/C19H26N2O2/c1-13-5-4-8-20(11-13)19(23)16-10-18(22)21(12-16)17-7-6-14(2)15(3)9-17/h6-7,9,13,16H,4-5,8,10-12H2,1-3H3/t13-,16+/m1/s1. The first-order valence-electron chi connectivity index (χ1n) is 8.62. The molecule has 1 aromatic carbocycles. The second-order valence-corrected chi connectivity index (χ2v) is 7.21. The van der Waals surface area contributed by atoms with Gasteiger partial charge in [0.2, 0.25) is 11.8 Å². The molecule has 2 atom stereocenters. The van der Waals surface area contributed by atoms with Gasteiger partial charge >= 0.3 is 0 Å². The zero-order valence-electron chi connectivity index (χ0n) is 14.3. The number of anilines is 1. The molecule has 2 heterocycles. The first-order valence-corrected chi connectivity index (χ1v) is 8.62. The Morgan fingerprint density at radius 1 is 1.17 bits per heavy atom. The summed E-state index contributed by atoms with van der Waals surface area (Å²) in [5.41, 5.74) is 3.31. The normalized spacial score (nSPS) is 25.1. The lowest BCUT2D eigenvalue weighted by molar-refractivity contribution is -0.137. The van der Waals surface area contributed by atoms with Gasteiger partial charge in [0.1, 0.15) is 0 Å². The molecule has 124 valence electrons. The van der Waals surface area contributed by atoms with Crippen LogP contribution in [-0.2, 0) is 9.59 Å². The van der Waals surface area contributed by atoms with Gasteiger partial charge in [0.05, 0.1) is 5.92 Å². The van der Waals surface area contributed by atoms with Crippen molar-refractivity contribution in [2.45, 2.75) is 40.0 Å². The lowest BCUT2D eigenvalue weighted by atomic mass is 9.98. The third kappa shape index (κ3) is 3.26. The van der Waals surface area contributed by atoms with Crippen LogP contribution >= 0.6 is 0 Å². The molecular weight excluding hydrogens is 288 g/mol. The van der Waals surface area contributed by atoms with E-state index in [-0.39, 0.29) is 17.7 Å². The maximum atomic E-state index is 12.7. The van der Waals surface area contributed by atoms with Crippen LogP contribution in [0.2, 0.25) is 0 Å². The molecule has 2 aliphatic rings. The Bertz CT molecular complexity index is 626. The van der Waals surface area contributed by atoms with E-state index in [1.165, 1.54) is 17.5 Å². The molecule has 0 bridgehead atoms. The summed E-state index contributed by atoms with van der Waals surface area (Å²) in [6.45, 7) is 8.52. The molecule has 0 aliphatic carbocycles. The number of carbonyl (C=O) groups excluding carboxylic acids is 2. The van der Waals surface area contributed by atoms with Crippen molar-refractivity contribution < 1.29 is 9.59 Å². The van der Waals surface area contributed by atoms with Gasteiger partial charge in [-0.15, -0.1) is 0 Å². The van der Waals surface area contributed by atoms with Crippen LogP contribution in [0.25, 0.3) is 0 Å². The second-order valence-electron chi connectivity index (χ2n) is 7.21. The molecule has 4 heteroatoms. The SMILES string of the molecule is Cc1ccc(N2C[C@@H](C(=O)N3CCC[C@@H](C)C3)CC2=O)cc1C. The number of hydrogen-bond acceptors (Lipinski definition) is 2. The molecule has 0 unspecified atom stereocenters. The van der Waals surface area contributed by atoms with Gasteiger partial charge in [-0.25, -0.2) is 0 Å². The summed E-state index contributed by atoms with van der Waals surface area (Å²) in [4.78, 5) is 28.9. The van der Waals surface area contributed by atoms with Crippen molar-refractivity contribution in [1.29, 1.82) is 0 Å². The fourth-order valence-electron chi connectivity index (χ4n) is 3.66. The molecule has 23 heavy (non-hydrogen) atoms. The number of aryl methyl sites for hydroxylation is 2. The summed E-state index contributed by atoms with van der Waals surface area (Å²) in [7, 11) is 0. The fraction of sp³-hybridized carbons (Fsp3) is 0.579. The summed E-state index contributed by atoms with van der Waals surface area (Å²) in [6.07, 6.45) is 2.62. The van der Waals surface area contributed by atoms with Crippen molar-refractivity contribution in [2.75, 3.05) is 24.5 Å². The topological polar surface area (TPSA) is 40.6 Å². The highest BCUT2D eigenvalue weighted by atomic mass is 16.2.